The molecule has 1 amide bonds. The van der Waals surface area contributed by atoms with Crippen molar-refractivity contribution in [2.24, 2.45) is 0 Å². The van der Waals surface area contributed by atoms with Crippen molar-refractivity contribution in [3.05, 3.63) is 41.0 Å². The number of anilines is 1. The number of fused-ring (bicyclic) bond motifs is 1. The van der Waals surface area contributed by atoms with Gasteiger partial charge in [-0.15, -0.1) is 0 Å². The molecular formula is C16H14F3N5O2. The minimum Gasteiger partial charge on any atom is -0.358 e. The maximum atomic E-state index is 13.1. The SMILES string of the molecule is Cc1cc(C)n2ncc(C(=O)Nc3cc(C4(C(F)(F)F)CC4)on3)c2n1. The van der Waals surface area contributed by atoms with E-state index in [0.29, 0.717) is 11.3 Å². The third-order valence-corrected chi connectivity index (χ3v) is 4.54. The molecule has 0 unspecified atom stereocenters. The highest BCUT2D eigenvalue weighted by molar-refractivity contribution is 6.07. The van der Waals surface area contributed by atoms with Gasteiger partial charge in [0.15, 0.2) is 17.2 Å². The molecule has 26 heavy (non-hydrogen) atoms. The lowest BCUT2D eigenvalue weighted by molar-refractivity contribution is -0.165. The van der Waals surface area contributed by atoms with E-state index in [4.69, 9.17) is 4.52 Å². The van der Waals surface area contributed by atoms with E-state index in [-0.39, 0.29) is 30.0 Å². The van der Waals surface area contributed by atoms with Gasteiger partial charge in [-0.25, -0.2) is 9.50 Å². The Kier molecular flexibility index (Phi) is 3.37. The van der Waals surface area contributed by atoms with E-state index in [2.05, 4.69) is 20.6 Å². The first-order valence-corrected chi connectivity index (χ1v) is 7.88. The Morgan fingerprint density at radius 3 is 2.69 bits per heavy atom. The Morgan fingerprint density at radius 2 is 2.04 bits per heavy atom. The lowest BCUT2D eigenvalue weighted by atomic mass is 10.0. The van der Waals surface area contributed by atoms with Gasteiger partial charge in [0.1, 0.15) is 11.0 Å². The molecular weight excluding hydrogens is 351 g/mol. The summed E-state index contributed by atoms with van der Waals surface area (Å²) in [5, 5.41) is 10.1. The van der Waals surface area contributed by atoms with Gasteiger partial charge < -0.3 is 9.84 Å². The average Bonchev–Trinajstić information content (AvgIpc) is 3.06. The molecule has 3 aromatic heterocycles. The van der Waals surface area contributed by atoms with E-state index < -0.39 is 17.5 Å². The van der Waals surface area contributed by atoms with Crippen molar-refractivity contribution in [2.45, 2.75) is 38.3 Å². The number of rotatable bonds is 3. The minimum absolute atomic E-state index is 0.0460. The molecule has 0 radical (unpaired) electrons. The first kappa shape index (κ1) is 16.6. The fraction of sp³-hybridized carbons (Fsp3) is 0.375. The van der Waals surface area contributed by atoms with Crippen LogP contribution < -0.4 is 5.32 Å². The van der Waals surface area contributed by atoms with Crippen LogP contribution in [0.3, 0.4) is 0 Å². The summed E-state index contributed by atoms with van der Waals surface area (Å²) < 4.78 is 45.8. The first-order chi connectivity index (χ1) is 12.2. The highest BCUT2D eigenvalue weighted by Gasteiger charge is 2.66. The van der Waals surface area contributed by atoms with Gasteiger partial charge in [0.05, 0.1) is 6.20 Å². The summed E-state index contributed by atoms with van der Waals surface area (Å²) in [4.78, 5) is 16.8. The predicted molar refractivity (Wildman–Crippen MR) is 83.9 cm³/mol. The molecule has 1 fully saturated rings. The number of hydrogen-bond acceptors (Lipinski definition) is 5. The van der Waals surface area contributed by atoms with Crippen molar-refractivity contribution in [3.63, 3.8) is 0 Å². The van der Waals surface area contributed by atoms with Crippen LogP contribution in [0.15, 0.2) is 22.9 Å². The molecule has 3 heterocycles. The van der Waals surface area contributed by atoms with E-state index in [9.17, 15) is 18.0 Å². The van der Waals surface area contributed by atoms with Crippen molar-refractivity contribution in [1.82, 2.24) is 19.8 Å². The maximum absolute atomic E-state index is 13.1. The molecule has 0 saturated heterocycles. The zero-order valence-corrected chi connectivity index (χ0v) is 13.9. The largest absolute Gasteiger partial charge is 0.401 e. The number of alkyl halides is 3. The number of nitrogens with one attached hydrogen (secondary N) is 1. The van der Waals surface area contributed by atoms with Crippen LogP contribution in [0.25, 0.3) is 5.65 Å². The second-order valence-corrected chi connectivity index (χ2v) is 6.44. The summed E-state index contributed by atoms with van der Waals surface area (Å²) in [7, 11) is 0. The van der Waals surface area contributed by atoms with Crippen molar-refractivity contribution in [1.29, 1.82) is 0 Å². The molecule has 4 rings (SSSR count). The monoisotopic (exact) mass is 365 g/mol. The normalized spacial score (nSPS) is 16.0. The van der Waals surface area contributed by atoms with E-state index in [1.807, 2.05) is 13.0 Å². The van der Waals surface area contributed by atoms with E-state index >= 15 is 0 Å². The Morgan fingerprint density at radius 1 is 1.31 bits per heavy atom. The second kappa shape index (κ2) is 5.29. The molecule has 0 spiro atoms. The summed E-state index contributed by atoms with van der Waals surface area (Å²) in [6.45, 7) is 3.62. The van der Waals surface area contributed by atoms with Gasteiger partial charge >= 0.3 is 6.18 Å². The first-order valence-electron chi connectivity index (χ1n) is 7.88. The number of carbonyl (C=O) groups excluding carboxylic acids is 1. The van der Waals surface area contributed by atoms with Gasteiger partial charge in [-0.2, -0.15) is 18.3 Å². The van der Waals surface area contributed by atoms with Gasteiger partial charge in [-0.05, 0) is 32.8 Å². The van der Waals surface area contributed by atoms with Gasteiger partial charge in [0.2, 0.25) is 0 Å². The zero-order valence-electron chi connectivity index (χ0n) is 13.9. The standard InChI is InChI=1S/C16H14F3N5O2/c1-8-5-9(2)24-13(21-8)10(7-20-24)14(25)22-12-6-11(26-23-12)15(3-4-15)16(17,18)19/h5-7H,3-4H2,1-2H3,(H,22,23,25). The molecule has 10 heteroatoms. The van der Waals surface area contributed by atoms with Crippen LogP contribution in [0.4, 0.5) is 19.0 Å². The molecule has 1 aliphatic carbocycles. The molecule has 0 aromatic carbocycles. The van der Waals surface area contributed by atoms with Crippen LogP contribution in [0.2, 0.25) is 0 Å². The highest BCUT2D eigenvalue weighted by atomic mass is 19.4. The molecule has 0 bridgehead atoms. The van der Waals surface area contributed by atoms with Crippen LogP contribution in [0.1, 0.15) is 40.3 Å². The number of carbonyl (C=O) groups is 1. The van der Waals surface area contributed by atoms with Gasteiger partial charge in [0.25, 0.3) is 5.91 Å². The number of hydrogen-bond donors (Lipinski definition) is 1. The van der Waals surface area contributed by atoms with Gasteiger partial charge in [0, 0.05) is 17.5 Å². The molecule has 1 aliphatic rings. The van der Waals surface area contributed by atoms with Crippen LogP contribution in [-0.2, 0) is 5.41 Å². The molecule has 0 atom stereocenters. The maximum Gasteiger partial charge on any atom is 0.401 e. The summed E-state index contributed by atoms with van der Waals surface area (Å²) in [6, 6.07) is 2.94. The van der Waals surface area contributed by atoms with Crippen molar-refractivity contribution in [2.75, 3.05) is 5.32 Å². The average molecular weight is 365 g/mol. The summed E-state index contributed by atoms with van der Waals surface area (Å²) in [6.07, 6.45) is -3.15. The summed E-state index contributed by atoms with van der Waals surface area (Å²) in [5.74, 6) is -0.941. The molecule has 3 aromatic rings. The Bertz CT molecular complexity index is 1020. The highest BCUT2D eigenvalue weighted by Crippen LogP contribution is 2.59. The number of halogens is 3. The van der Waals surface area contributed by atoms with Crippen molar-refractivity contribution >= 4 is 17.4 Å². The lowest BCUT2D eigenvalue weighted by Crippen LogP contribution is -2.28. The van der Waals surface area contributed by atoms with E-state index in [1.54, 1.807) is 6.92 Å². The molecule has 0 aliphatic heterocycles. The quantitative estimate of drug-likeness (QED) is 0.771. The van der Waals surface area contributed by atoms with E-state index in [0.717, 1.165) is 11.8 Å². The van der Waals surface area contributed by atoms with Crippen LogP contribution in [-0.4, -0.2) is 31.8 Å². The number of nitrogens with zero attached hydrogens (tertiary/aromatic N) is 4. The number of aromatic nitrogens is 4. The molecule has 1 N–H and O–H groups in total. The van der Waals surface area contributed by atoms with Gasteiger partial charge in [-0.3, -0.25) is 4.79 Å². The molecule has 1 saturated carbocycles. The van der Waals surface area contributed by atoms with Crippen molar-refractivity contribution < 1.29 is 22.5 Å². The Labute approximate surface area is 145 Å². The Hall–Kier alpha value is -2.91. The second-order valence-electron chi connectivity index (χ2n) is 6.44. The van der Waals surface area contributed by atoms with Crippen LogP contribution >= 0.6 is 0 Å². The molecule has 7 nitrogen and oxygen atoms in total. The summed E-state index contributed by atoms with van der Waals surface area (Å²) in [5.41, 5.74) is 0.0876. The van der Waals surface area contributed by atoms with Crippen molar-refractivity contribution in [3.8, 4) is 0 Å². The van der Waals surface area contributed by atoms with E-state index in [1.165, 1.54) is 10.7 Å². The fourth-order valence-corrected chi connectivity index (χ4v) is 2.97. The minimum atomic E-state index is -4.41. The fourth-order valence-electron chi connectivity index (χ4n) is 2.97. The summed E-state index contributed by atoms with van der Waals surface area (Å²) >= 11 is 0. The predicted octanol–water partition coefficient (Wildman–Crippen LogP) is 3.18. The topological polar surface area (TPSA) is 85.3 Å². The smallest absolute Gasteiger partial charge is 0.358 e. The van der Waals surface area contributed by atoms with Gasteiger partial charge in [-0.1, -0.05) is 5.16 Å². The third kappa shape index (κ3) is 2.44. The lowest BCUT2D eigenvalue weighted by Gasteiger charge is -2.14. The van der Waals surface area contributed by atoms with Crippen LogP contribution in [0, 0.1) is 13.8 Å². The van der Waals surface area contributed by atoms with Crippen LogP contribution in [0.5, 0.6) is 0 Å². The number of amides is 1. The molecule has 136 valence electrons. The Balaban J connectivity index is 1.61. The zero-order chi connectivity index (χ0) is 18.7. The third-order valence-electron chi connectivity index (χ3n) is 4.54. The number of aryl methyl sites for hydroxylation is 2.